The summed E-state index contributed by atoms with van der Waals surface area (Å²) in [7, 11) is -4.01. The number of hydrogen-bond acceptors (Lipinski definition) is 5. The van der Waals surface area contributed by atoms with Crippen LogP contribution in [-0.2, 0) is 28.5 Å². The zero-order valence-corrected chi connectivity index (χ0v) is 16.9. The number of nitrogens with one attached hydrogen (secondary N) is 2. The molecule has 0 aliphatic rings. The third-order valence-electron chi connectivity index (χ3n) is 4.01. The van der Waals surface area contributed by atoms with Gasteiger partial charge in [-0.1, -0.05) is 32.0 Å². The number of anilines is 1. The maximum Gasteiger partial charge on any atom is 0.333 e. The van der Waals surface area contributed by atoms with E-state index in [-0.39, 0.29) is 4.21 Å². The minimum absolute atomic E-state index is 0.0238. The summed E-state index contributed by atoms with van der Waals surface area (Å²) in [5.41, 5.74) is 1.86. The minimum atomic E-state index is -4.01. The number of aryl methyl sites for hydroxylation is 2. The predicted molar refractivity (Wildman–Crippen MR) is 104 cm³/mol. The molecule has 1 aromatic carbocycles. The van der Waals surface area contributed by atoms with E-state index in [9.17, 15) is 18.3 Å². The van der Waals surface area contributed by atoms with Crippen molar-refractivity contribution in [2.24, 2.45) is 0 Å². The summed E-state index contributed by atoms with van der Waals surface area (Å²) >= 11 is 0.956. The van der Waals surface area contributed by atoms with Gasteiger partial charge < -0.3 is 10.4 Å². The molecular formula is C18H24N2O4S2. The van der Waals surface area contributed by atoms with Crippen molar-refractivity contribution in [3.05, 3.63) is 46.3 Å². The van der Waals surface area contributed by atoms with Crippen LogP contribution in [-0.4, -0.2) is 19.6 Å². The molecule has 3 N–H and O–H groups in total. The molecule has 6 nitrogen and oxygen atoms in total. The first kappa shape index (κ1) is 20.4. The second-order valence-corrected chi connectivity index (χ2v) is 9.25. The molecule has 26 heavy (non-hydrogen) atoms. The molecule has 0 saturated carbocycles. The maximum atomic E-state index is 12.4. The SMILES string of the molecule is CCc1cccc(CC)c1NC(=O)NS(=O)(=O)c1cc(C(C)(C)O)cs1. The quantitative estimate of drug-likeness (QED) is 0.695. The van der Waals surface area contributed by atoms with Crippen LogP contribution in [0.3, 0.4) is 0 Å². The second-order valence-electron chi connectivity index (χ2n) is 6.43. The molecule has 1 heterocycles. The standard InChI is InChI=1S/C18H24N2O4S2/c1-5-12-8-7-9-13(6-2)16(12)19-17(21)20-26(23,24)15-10-14(11-25-15)18(3,4)22/h7-11,22H,5-6H2,1-4H3,(H2,19,20,21). The van der Waals surface area contributed by atoms with E-state index >= 15 is 0 Å². The normalized spacial score (nSPS) is 12.0. The van der Waals surface area contributed by atoms with Gasteiger partial charge in [0.1, 0.15) is 4.21 Å². The Labute approximate surface area is 158 Å². The summed E-state index contributed by atoms with van der Waals surface area (Å²) in [6, 6.07) is 6.29. The zero-order chi connectivity index (χ0) is 19.5. The molecule has 0 aliphatic carbocycles. The highest BCUT2D eigenvalue weighted by Gasteiger charge is 2.25. The number of para-hydroxylation sites is 1. The van der Waals surface area contributed by atoms with Crippen molar-refractivity contribution < 1.29 is 18.3 Å². The molecule has 0 unspecified atom stereocenters. The lowest BCUT2D eigenvalue weighted by atomic mass is 10.0. The van der Waals surface area contributed by atoms with Gasteiger partial charge in [0.15, 0.2) is 0 Å². The van der Waals surface area contributed by atoms with Crippen LogP contribution >= 0.6 is 11.3 Å². The van der Waals surface area contributed by atoms with Gasteiger partial charge in [0.2, 0.25) is 0 Å². The van der Waals surface area contributed by atoms with Crippen LogP contribution in [0.2, 0.25) is 0 Å². The van der Waals surface area contributed by atoms with Gasteiger partial charge in [-0.3, -0.25) is 0 Å². The van der Waals surface area contributed by atoms with Gasteiger partial charge in [0, 0.05) is 5.69 Å². The fraction of sp³-hybridized carbons (Fsp3) is 0.389. The molecule has 0 radical (unpaired) electrons. The molecule has 2 amide bonds. The lowest BCUT2D eigenvalue weighted by Crippen LogP contribution is -2.34. The molecule has 0 spiro atoms. The van der Waals surface area contributed by atoms with Gasteiger partial charge in [-0.15, -0.1) is 11.3 Å². The first-order valence-electron chi connectivity index (χ1n) is 8.34. The molecule has 0 atom stereocenters. The smallest absolute Gasteiger partial charge is 0.333 e. The van der Waals surface area contributed by atoms with Gasteiger partial charge >= 0.3 is 6.03 Å². The van der Waals surface area contributed by atoms with E-state index in [2.05, 4.69) is 5.32 Å². The number of benzene rings is 1. The van der Waals surface area contributed by atoms with Crippen LogP contribution in [0, 0.1) is 0 Å². The molecule has 0 saturated heterocycles. The van der Waals surface area contributed by atoms with Gasteiger partial charge in [-0.2, -0.15) is 0 Å². The lowest BCUT2D eigenvalue weighted by Gasteiger charge is -2.15. The van der Waals surface area contributed by atoms with Crippen LogP contribution in [0.4, 0.5) is 10.5 Å². The Kier molecular flexibility index (Phi) is 6.10. The highest BCUT2D eigenvalue weighted by atomic mass is 32.2. The summed E-state index contributed by atoms with van der Waals surface area (Å²) < 4.78 is 26.9. The average molecular weight is 397 g/mol. The molecule has 0 bridgehead atoms. The summed E-state index contributed by atoms with van der Waals surface area (Å²) in [5.74, 6) is 0. The van der Waals surface area contributed by atoms with Gasteiger partial charge in [-0.25, -0.2) is 17.9 Å². The third kappa shape index (κ3) is 4.63. The summed E-state index contributed by atoms with van der Waals surface area (Å²) in [6.45, 7) is 7.08. The van der Waals surface area contributed by atoms with Crippen molar-refractivity contribution in [1.82, 2.24) is 4.72 Å². The number of thiophene rings is 1. The van der Waals surface area contributed by atoms with Crippen LogP contribution in [0.25, 0.3) is 0 Å². The fourth-order valence-corrected chi connectivity index (χ4v) is 4.74. The number of hydrogen-bond donors (Lipinski definition) is 3. The van der Waals surface area contributed by atoms with E-state index in [1.54, 1.807) is 19.2 Å². The van der Waals surface area contributed by atoms with Crippen LogP contribution in [0.15, 0.2) is 33.9 Å². The highest BCUT2D eigenvalue weighted by Crippen LogP contribution is 2.28. The predicted octanol–water partition coefficient (Wildman–Crippen LogP) is 3.61. The van der Waals surface area contributed by atoms with Crippen LogP contribution in [0.1, 0.15) is 44.4 Å². The van der Waals surface area contributed by atoms with Gasteiger partial charge in [0.25, 0.3) is 10.0 Å². The van der Waals surface area contributed by atoms with Crippen molar-refractivity contribution in [2.75, 3.05) is 5.32 Å². The van der Waals surface area contributed by atoms with Crippen molar-refractivity contribution in [3.63, 3.8) is 0 Å². The monoisotopic (exact) mass is 396 g/mol. The molecule has 0 fully saturated rings. The van der Waals surface area contributed by atoms with Crippen molar-refractivity contribution >= 4 is 33.1 Å². The molecule has 2 rings (SSSR count). The fourth-order valence-electron chi connectivity index (χ4n) is 2.49. The molecular weight excluding hydrogens is 372 g/mol. The Morgan fingerprint density at radius 2 is 1.77 bits per heavy atom. The Balaban J connectivity index is 2.21. The first-order chi connectivity index (χ1) is 12.1. The number of carbonyl (C=O) groups excluding carboxylic acids is 1. The van der Waals surface area contributed by atoms with E-state index in [0.29, 0.717) is 11.3 Å². The molecule has 142 valence electrons. The topological polar surface area (TPSA) is 95.5 Å². The van der Waals surface area contributed by atoms with E-state index in [4.69, 9.17) is 0 Å². The summed E-state index contributed by atoms with van der Waals surface area (Å²) in [4.78, 5) is 12.3. The largest absolute Gasteiger partial charge is 0.386 e. The summed E-state index contributed by atoms with van der Waals surface area (Å²) in [5, 5.41) is 14.2. The van der Waals surface area contributed by atoms with Crippen molar-refractivity contribution in [2.45, 2.75) is 50.3 Å². The number of carbonyl (C=O) groups is 1. The zero-order valence-electron chi connectivity index (χ0n) is 15.3. The number of sulfonamides is 1. The third-order valence-corrected chi connectivity index (χ3v) is 6.78. The van der Waals surface area contributed by atoms with E-state index < -0.39 is 21.7 Å². The summed E-state index contributed by atoms with van der Waals surface area (Å²) in [6.07, 6.45) is 1.44. The number of aliphatic hydroxyl groups is 1. The molecule has 1 aromatic heterocycles. The maximum absolute atomic E-state index is 12.4. The minimum Gasteiger partial charge on any atom is -0.386 e. The van der Waals surface area contributed by atoms with Crippen LogP contribution < -0.4 is 10.0 Å². The Bertz CT molecular complexity index is 874. The van der Waals surface area contributed by atoms with Gasteiger partial charge in [0.05, 0.1) is 5.60 Å². The Morgan fingerprint density at radius 3 is 2.23 bits per heavy atom. The lowest BCUT2D eigenvalue weighted by molar-refractivity contribution is 0.0789. The van der Waals surface area contributed by atoms with E-state index in [1.807, 2.05) is 36.8 Å². The Morgan fingerprint density at radius 1 is 1.19 bits per heavy atom. The molecule has 2 aromatic rings. The van der Waals surface area contributed by atoms with Crippen molar-refractivity contribution in [1.29, 1.82) is 0 Å². The average Bonchev–Trinajstić information content (AvgIpc) is 3.05. The van der Waals surface area contributed by atoms with Crippen molar-refractivity contribution in [3.8, 4) is 0 Å². The molecule has 8 heteroatoms. The number of rotatable bonds is 6. The highest BCUT2D eigenvalue weighted by molar-refractivity contribution is 7.92. The van der Waals surface area contributed by atoms with E-state index in [1.165, 1.54) is 6.07 Å². The second kappa shape index (κ2) is 7.77. The number of urea groups is 1. The molecule has 0 aliphatic heterocycles. The van der Waals surface area contributed by atoms with Gasteiger partial charge in [-0.05, 0) is 54.8 Å². The number of amides is 2. The first-order valence-corrected chi connectivity index (χ1v) is 10.7. The van der Waals surface area contributed by atoms with Crippen LogP contribution in [0.5, 0.6) is 0 Å². The van der Waals surface area contributed by atoms with E-state index in [0.717, 1.165) is 35.3 Å². The Hall–Kier alpha value is -1.90.